The molecule has 152 valence electrons. The maximum Gasteiger partial charge on any atom is 0.246 e. The van der Waals surface area contributed by atoms with E-state index in [4.69, 9.17) is 10.5 Å². The second kappa shape index (κ2) is 9.62. The topological polar surface area (TPSA) is 109 Å². The number of rotatable bonds is 5. The van der Waals surface area contributed by atoms with E-state index >= 15 is 0 Å². The number of piperidine rings is 1. The Hall–Kier alpha value is -3.78. The highest BCUT2D eigenvalue weighted by atomic mass is 16.2. The van der Waals surface area contributed by atoms with Crippen LogP contribution in [0.2, 0.25) is 0 Å². The molecule has 2 aliphatic rings. The molecule has 1 aromatic heterocycles. The largest absolute Gasteiger partial charge is 0.356 e. The zero-order valence-electron chi connectivity index (χ0n) is 16.9. The first-order valence-corrected chi connectivity index (χ1v) is 9.80. The first-order chi connectivity index (χ1) is 14.5. The van der Waals surface area contributed by atoms with Gasteiger partial charge in [0.25, 0.3) is 0 Å². The highest BCUT2D eigenvalue weighted by Crippen LogP contribution is 2.27. The summed E-state index contributed by atoms with van der Waals surface area (Å²) in [7, 11) is 0. The predicted octanol–water partition coefficient (Wildman–Crippen LogP) is 2.73. The number of allylic oxidation sites excluding steroid dienone is 3. The third-order valence-electron chi connectivity index (χ3n) is 5.25. The standard InChI is InChI=1S/C22H23N7O/c1-16(13-23)4-3-5-17(2)20-6-9-27-29(20)22(30)18-7-10-28(11-8-18)21-12-19(14-24)25-15-26-21/h3-5,9,12,15,18,20H,2,6-8,10-11H2,1H3/b5-3-,16-4+/t20-/m0/s1. The van der Waals surface area contributed by atoms with Crippen molar-refractivity contribution in [2.45, 2.75) is 32.2 Å². The Bertz CT molecular complexity index is 987. The number of hydrogen-bond donors (Lipinski definition) is 0. The van der Waals surface area contributed by atoms with Gasteiger partial charge in [-0.05, 0) is 31.4 Å². The van der Waals surface area contributed by atoms with Crippen molar-refractivity contribution < 1.29 is 4.79 Å². The molecule has 8 nitrogen and oxygen atoms in total. The first-order valence-electron chi connectivity index (χ1n) is 9.80. The monoisotopic (exact) mass is 401 g/mol. The van der Waals surface area contributed by atoms with Crippen LogP contribution in [0.3, 0.4) is 0 Å². The van der Waals surface area contributed by atoms with Crippen molar-refractivity contribution >= 4 is 17.9 Å². The molecule has 1 aromatic rings. The summed E-state index contributed by atoms with van der Waals surface area (Å²) in [6.07, 6.45) is 10.5. The maximum atomic E-state index is 13.1. The lowest BCUT2D eigenvalue weighted by atomic mass is 9.94. The number of hydrogen-bond acceptors (Lipinski definition) is 7. The molecule has 0 saturated carbocycles. The Labute approximate surface area is 176 Å². The van der Waals surface area contributed by atoms with Gasteiger partial charge in [-0.1, -0.05) is 18.7 Å². The highest BCUT2D eigenvalue weighted by molar-refractivity contribution is 5.82. The zero-order chi connectivity index (χ0) is 21.5. The average Bonchev–Trinajstić information content (AvgIpc) is 3.28. The molecule has 1 fully saturated rings. The van der Waals surface area contributed by atoms with Gasteiger partial charge >= 0.3 is 0 Å². The number of hydrazone groups is 1. The fourth-order valence-corrected chi connectivity index (χ4v) is 3.52. The molecule has 3 heterocycles. The van der Waals surface area contributed by atoms with E-state index in [1.807, 2.05) is 12.1 Å². The molecule has 0 unspecified atom stereocenters. The molecule has 0 spiro atoms. The van der Waals surface area contributed by atoms with Crippen molar-refractivity contribution in [2.75, 3.05) is 18.0 Å². The van der Waals surface area contributed by atoms with E-state index in [0.29, 0.717) is 49.4 Å². The van der Waals surface area contributed by atoms with Crippen LogP contribution in [0.25, 0.3) is 0 Å². The maximum absolute atomic E-state index is 13.1. The van der Waals surface area contributed by atoms with Gasteiger partial charge in [-0.15, -0.1) is 0 Å². The van der Waals surface area contributed by atoms with Crippen LogP contribution in [0, 0.1) is 28.6 Å². The van der Waals surface area contributed by atoms with Gasteiger partial charge in [0.15, 0.2) is 0 Å². The molecule has 1 saturated heterocycles. The molecule has 2 aliphatic heterocycles. The van der Waals surface area contributed by atoms with Gasteiger partial charge in [0.1, 0.15) is 23.9 Å². The van der Waals surface area contributed by atoms with Crippen LogP contribution in [-0.4, -0.2) is 46.2 Å². The third kappa shape index (κ3) is 4.79. The van der Waals surface area contributed by atoms with Crippen molar-refractivity contribution in [1.29, 1.82) is 10.5 Å². The van der Waals surface area contributed by atoms with Crippen molar-refractivity contribution in [3.63, 3.8) is 0 Å². The van der Waals surface area contributed by atoms with E-state index in [-0.39, 0.29) is 17.9 Å². The number of amides is 1. The second-order valence-corrected chi connectivity index (χ2v) is 7.26. The van der Waals surface area contributed by atoms with Crippen LogP contribution in [0.15, 0.2) is 53.4 Å². The van der Waals surface area contributed by atoms with Crippen LogP contribution < -0.4 is 4.90 Å². The molecular weight excluding hydrogens is 378 g/mol. The van der Waals surface area contributed by atoms with E-state index in [1.54, 1.807) is 36.4 Å². The third-order valence-corrected chi connectivity index (χ3v) is 5.25. The lowest BCUT2D eigenvalue weighted by molar-refractivity contribution is -0.137. The predicted molar refractivity (Wildman–Crippen MR) is 113 cm³/mol. The smallest absolute Gasteiger partial charge is 0.246 e. The molecule has 3 rings (SSSR count). The Morgan fingerprint density at radius 3 is 2.77 bits per heavy atom. The summed E-state index contributed by atoms with van der Waals surface area (Å²) in [5.74, 6) is 0.602. The zero-order valence-corrected chi connectivity index (χ0v) is 16.9. The molecule has 30 heavy (non-hydrogen) atoms. The average molecular weight is 401 g/mol. The summed E-state index contributed by atoms with van der Waals surface area (Å²) < 4.78 is 0. The number of carbonyl (C=O) groups is 1. The van der Waals surface area contributed by atoms with Crippen LogP contribution in [-0.2, 0) is 4.79 Å². The van der Waals surface area contributed by atoms with Crippen LogP contribution in [0.5, 0.6) is 0 Å². The quantitative estimate of drug-likeness (QED) is 0.554. The number of nitriles is 2. The fourth-order valence-electron chi connectivity index (χ4n) is 3.52. The van der Waals surface area contributed by atoms with E-state index in [2.05, 4.69) is 32.6 Å². The van der Waals surface area contributed by atoms with Gasteiger partial charge in [0, 0.05) is 43.3 Å². The Kier molecular flexibility index (Phi) is 6.71. The van der Waals surface area contributed by atoms with Crippen LogP contribution in [0.1, 0.15) is 31.9 Å². The Morgan fingerprint density at radius 2 is 2.07 bits per heavy atom. The minimum absolute atomic E-state index is 0.00657. The SMILES string of the molecule is C=C(/C=C\C=C(/C)C#N)[C@@H]1CC=NN1C(=O)C1CCN(c2cc(C#N)ncn2)CC1. The number of nitrogens with zero attached hydrogens (tertiary/aromatic N) is 7. The molecule has 0 bridgehead atoms. The van der Waals surface area contributed by atoms with E-state index < -0.39 is 0 Å². The molecular formula is C22H23N7O. The number of carbonyl (C=O) groups excluding carboxylic acids is 1. The summed E-state index contributed by atoms with van der Waals surface area (Å²) in [6, 6.07) is 5.56. The van der Waals surface area contributed by atoms with Gasteiger partial charge in [-0.2, -0.15) is 15.6 Å². The molecule has 0 N–H and O–H groups in total. The van der Waals surface area contributed by atoms with Crippen molar-refractivity contribution in [2.24, 2.45) is 11.0 Å². The van der Waals surface area contributed by atoms with Gasteiger partial charge in [-0.25, -0.2) is 15.0 Å². The second-order valence-electron chi connectivity index (χ2n) is 7.26. The molecule has 1 amide bonds. The number of aromatic nitrogens is 2. The molecule has 0 aliphatic carbocycles. The highest BCUT2D eigenvalue weighted by Gasteiger charge is 2.34. The normalized spacial score (nSPS) is 19.7. The minimum Gasteiger partial charge on any atom is -0.356 e. The lowest BCUT2D eigenvalue weighted by Crippen LogP contribution is -2.43. The lowest BCUT2D eigenvalue weighted by Gasteiger charge is -2.34. The van der Waals surface area contributed by atoms with Gasteiger partial charge in [0.2, 0.25) is 5.91 Å². The van der Waals surface area contributed by atoms with E-state index in [9.17, 15) is 4.79 Å². The van der Waals surface area contributed by atoms with Crippen molar-refractivity contribution in [3.05, 3.63) is 54.0 Å². The summed E-state index contributed by atoms with van der Waals surface area (Å²) in [4.78, 5) is 23.3. The van der Waals surface area contributed by atoms with Gasteiger partial charge in [-0.3, -0.25) is 4.79 Å². The molecule has 0 radical (unpaired) electrons. The van der Waals surface area contributed by atoms with Crippen molar-refractivity contribution in [3.8, 4) is 12.1 Å². The number of anilines is 1. The van der Waals surface area contributed by atoms with E-state index in [1.165, 1.54) is 6.33 Å². The van der Waals surface area contributed by atoms with E-state index in [0.717, 1.165) is 5.57 Å². The summed E-state index contributed by atoms with van der Waals surface area (Å²) in [5, 5.41) is 23.7. The van der Waals surface area contributed by atoms with Crippen LogP contribution >= 0.6 is 0 Å². The summed E-state index contributed by atoms with van der Waals surface area (Å²) >= 11 is 0. The summed E-state index contributed by atoms with van der Waals surface area (Å²) in [6.45, 7) is 7.18. The van der Waals surface area contributed by atoms with Crippen LogP contribution in [0.4, 0.5) is 5.82 Å². The van der Waals surface area contributed by atoms with Crippen molar-refractivity contribution in [1.82, 2.24) is 15.0 Å². The minimum atomic E-state index is -0.192. The van der Waals surface area contributed by atoms with Gasteiger partial charge < -0.3 is 4.90 Å². The first kappa shape index (κ1) is 20.9. The fraction of sp³-hybridized carbons (Fsp3) is 0.364. The summed E-state index contributed by atoms with van der Waals surface area (Å²) in [5.41, 5.74) is 1.72. The molecule has 0 aromatic carbocycles. The molecule has 1 atom stereocenters. The Morgan fingerprint density at radius 1 is 1.30 bits per heavy atom. The molecule has 8 heteroatoms. The Balaban J connectivity index is 1.60. The van der Waals surface area contributed by atoms with Gasteiger partial charge in [0.05, 0.1) is 12.1 Å².